The molecule has 114 valence electrons. The van der Waals surface area contributed by atoms with E-state index in [2.05, 4.69) is 8.92 Å². The van der Waals surface area contributed by atoms with Gasteiger partial charge in [0.05, 0.1) is 19.3 Å². The molecule has 1 atom stereocenters. The lowest BCUT2D eigenvalue weighted by molar-refractivity contribution is -0.155. The van der Waals surface area contributed by atoms with E-state index in [1.54, 1.807) is 20.8 Å². The summed E-state index contributed by atoms with van der Waals surface area (Å²) in [7, 11) is -5.02. The van der Waals surface area contributed by atoms with E-state index in [-0.39, 0.29) is 0 Å². The Balaban J connectivity index is 4.95. The smallest absolute Gasteiger partial charge is 0.467 e. The summed E-state index contributed by atoms with van der Waals surface area (Å²) in [6.07, 6.45) is -2.02. The molecule has 19 heavy (non-hydrogen) atoms. The van der Waals surface area contributed by atoms with Crippen molar-refractivity contribution in [1.82, 2.24) is 0 Å². The molecule has 0 spiro atoms. The number of carbonyl (C=O) groups excluding carboxylic acids is 1. The molecule has 0 aromatic carbocycles. The van der Waals surface area contributed by atoms with Crippen molar-refractivity contribution in [2.75, 3.05) is 13.7 Å². The van der Waals surface area contributed by atoms with Gasteiger partial charge in [0, 0.05) is 0 Å². The van der Waals surface area contributed by atoms with Crippen molar-refractivity contribution in [3.05, 3.63) is 0 Å². The molecule has 6 nitrogen and oxygen atoms in total. The van der Waals surface area contributed by atoms with Gasteiger partial charge in [-0.25, -0.2) is 8.98 Å². The monoisotopic (exact) mass is 308 g/mol. The maximum Gasteiger partial charge on any atom is 0.523 e. The van der Waals surface area contributed by atoms with E-state index in [0.29, 0.717) is 0 Å². The van der Waals surface area contributed by atoms with Crippen molar-refractivity contribution in [2.24, 2.45) is 0 Å². The summed E-state index contributed by atoms with van der Waals surface area (Å²) in [5.41, 5.74) is -6.42. The van der Waals surface area contributed by atoms with E-state index in [0.717, 1.165) is 7.11 Å². The van der Waals surface area contributed by atoms with Crippen LogP contribution < -0.4 is 0 Å². The van der Waals surface area contributed by atoms with Gasteiger partial charge in [0.15, 0.2) is 6.10 Å². The first-order valence-corrected chi connectivity index (χ1v) is 6.42. The Morgan fingerprint density at radius 2 is 1.68 bits per heavy atom. The van der Waals surface area contributed by atoms with E-state index in [1.165, 1.54) is 0 Å². The zero-order valence-electron chi connectivity index (χ0n) is 10.8. The predicted molar refractivity (Wildman–Crippen MR) is 57.6 cm³/mol. The maximum absolute atomic E-state index is 12.1. The third-order valence-electron chi connectivity index (χ3n) is 1.66. The SMILES string of the molecule is COC(=O)[C@@H](COC(C)(C)C)OS(=O)(=O)C(F)(F)F. The second-order valence-corrected chi connectivity index (χ2v) is 5.99. The number of ether oxygens (including phenoxy) is 2. The maximum atomic E-state index is 12.1. The van der Waals surface area contributed by atoms with Crippen LogP contribution in [0, 0.1) is 0 Å². The van der Waals surface area contributed by atoms with Crippen LogP contribution in [0.4, 0.5) is 13.2 Å². The summed E-state index contributed by atoms with van der Waals surface area (Å²) >= 11 is 0. The summed E-state index contributed by atoms with van der Waals surface area (Å²) < 4.78 is 71.0. The van der Waals surface area contributed by atoms with Crippen LogP contribution >= 0.6 is 0 Å². The van der Waals surface area contributed by atoms with Crippen LogP contribution in [-0.2, 0) is 28.6 Å². The number of hydrogen-bond donors (Lipinski definition) is 0. The number of esters is 1. The Labute approximate surface area is 108 Å². The minimum atomic E-state index is -5.90. The largest absolute Gasteiger partial charge is 0.523 e. The molecule has 0 rings (SSSR count). The average Bonchev–Trinajstić information content (AvgIpc) is 2.20. The topological polar surface area (TPSA) is 78.9 Å². The van der Waals surface area contributed by atoms with Crippen molar-refractivity contribution in [3.8, 4) is 0 Å². The van der Waals surface area contributed by atoms with Crippen molar-refractivity contribution < 1.29 is 40.0 Å². The Hall–Kier alpha value is -0.870. The second-order valence-electron chi connectivity index (χ2n) is 4.43. The lowest BCUT2D eigenvalue weighted by atomic mass is 10.2. The van der Waals surface area contributed by atoms with Gasteiger partial charge in [-0.1, -0.05) is 0 Å². The zero-order valence-corrected chi connectivity index (χ0v) is 11.6. The summed E-state index contributed by atoms with van der Waals surface area (Å²) in [5, 5.41) is 0. The molecule has 0 radical (unpaired) electrons. The lowest BCUT2D eigenvalue weighted by Gasteiger charge is -2.23. The summed E-state index contributed by atoms with van der Waals surface area (Å²) in [4.78, 5) is 11.2. The van der Waals surface area contributed by atoms with Crippen molar-refractivity contribution in [2.45, 2.75) is 38.0 Å². The standard InChI is InChI=1S/C9H15F3O6S/c1-8(2,3)17-5-6(7(13)16-4)18-19(14,15)9(10,11)12/h6H,5H2,1-4H3/t6-/m1/s1. The van der Waals surface area contributed by atoms with Crippen LogP contribution in [0.25, 0.3) is 0 Å². The third-order valence-corrected chi connectivity index (χ3v) is 2.71. The number of rotatable bonds is 5. The average molecular weight is 308 g/mol. The van der Waals surface area contributed by atoms with Gasteiger partial charge in [0.25, 0.3) is 0 Å². The van der Waals surface area contributed by atoms with Gasteiger partial charge in [0.1, 0.15) is 0 Å². The highest BCUT2D eigenvalue weighted by Crippen LogP contribution is 2.26. The predicted octanol–water partition coefficient (Wildman–Crippen LogP) is 1.21. The first kappa shape index (κ1) is 18.1. The fourth-order valence-corrected chi connectivity index (χ4v) is 1.35. The van der Waals surface area contributed by atoms with Crippen molar-refractivity contribution >= 4 is 16.1 Å². The van der Waals surface area contributed by atoms with E-state index in [9.17, 15) is 26.4 Å². The Bertz CT molecular complexity index is 409. The highest BCUT2D eigenvalue weighted by atomic mass is 32.2. The second kappa shape index (κ2) is 6.06. The van der Waals surface area contributed by atoms with E-state index < -0.39 is 39.9 Å². The van der Waals surface area contributed by atoms with Gasteiger partial charge in [-0.3, -0.25) is 0 Å². The Kier molecular flexibility index (Phi) is 5.78. The summed E-state index contributed by atoms with van der Waals surface area (Å²) in [6.45, 7) is 4.02. The summed E-state index contributed by atoms with van der Waals surface area (Å²) in [5.74, 6) is -1.28. The fraction of sp³-hybridized carbons (Fsp3) is 0.889. The number of methoxy groups -OCH3 is 1. The van der Waals surface area contributed by atoms with E-state index in [4.69, 9.17) is 4.74 Å². The molecule has 0 saturated carbocycles. The highest BCUT2D eigenvalue weighted by molar-refractivity contribution is 7.87. The van der Waals surface area contributed by atoms with Crippen LogP contribution in [0.5, 0.6) is 0 Å². The van der Waals surface area contributed by atoms with Gasteiger partial charge in [0.2, 0.25) is 0 Å². The van der Waals surface area contributed by atoms with Gasteiger partial charge >= 0.3 is 21.6 Å². The van der Waals surface area contributed by atoms with Crippen LogP contribution in [0.3, 0.4) is 0 Å². The molecule has 0 fully saturated rings. The molecule has 0 aromatic heterocycles. The van der Waals surface area contributed by atoms with E-state index in [1.807, 2.05) is 0 Å². The normalized spacial score (nSPS) is 15.1. The third kappa shape index (κ3) is 6.21. The number of alkyl halides is 3. The lowest BCUT2D eigenvalue weighted by Crippen LogP contribution is -2.39. The van der Waals surface area contributed by atoms with Crippen LogP contribution in [-0.4, -0.2) is 45.3 Å². The van der Waals surface area contributed by atoms with Crippen LogP contribution in [0.1, 0.15) is 20.8 Å². The number of halogens is 3. The molecule has 0 aliphatic heterocycles. The number of hydrogen-bond acceptors (Lipinski definition) is 6. The van der Waals surface area contributed by atoms with Crippen LogP contribution in [0.15, 0.2) is 0 Å². The quantitative estimate of drug-likeness (QED) is 0.431. The highest BCUT2D eigenvalue weighted by Gasteiger charge is 2.49. The fourth-order valence-electron chi connectivity index (χ4n) is 0.800. The van der Waals surface area contributed by atoms with Gasteiger partial charge in [-0.05, 0) is 20.8 Å². The molecular weight excluding hydrogens is 293 g/mol. The molecule has 0 heterocycles. The minimum absolute atomic E-state index is 0.689. The molecule has 0 aromatic rings. The Morgan fingerprint density at radius 1 is 1.21 bits per heavy atom. The number of carbonyl (C=O) groups is 1. The minimum Gasteiger partial charge on any atom is -0.467 e. The van der Waals surface area contributed by atoms with Crippen LogP contribution in [0.2, 0.25) is 0 Å². The molecule has 0 unspecified atom stereocenters. The molecule has 0 amide bonds. The zero-order chi connectivity index (χ0) is 15.5. The Morgan fingerprint density at radius 3 is 2.00 bits per heavy atom. The molecule has 0 aliphatic carbocycles. The molecule has 0 N–H and O–H groups in total. The summed E-state index contributed by atoms with van der Waals surface area (Å²) in [6, 6.07) is 0. The van der Waals surface area contributed by atoms with Gasteiger partial charge in [-0.15, -0.1) is 0 Å². The molecule has 0 saturated heterocycles. The molecule has 10 heteroatoms. The van der Waals surface area contributed by atoms with Crippen molar-refractivity contribution in [1.29, 1.82) is 0 Å². The molecule has 0 aliphatic rings. The first-order chi connectivity index (χ1) is 8.30. The van der Waals surface area contributed by atoms with Crippen molar-refractivity contribution in [3.63, 3.8) is 0 Å². The molecule has 0 bridgehead atoms. The van der Waals surface area contributed by atoms with Gasteiger partial charge in [-0.2, -0.15) is 21.6 Å². The first-order valence-electron chi connectivity index (χ1n) is 5.01. The van der Waals surface area contributed by atoms with Gasteiger partial charge < -0.3 is 9.47 Å². The van der Waals surface area contributed by atoms with E-state index >= 15 is 0 Å². The molecular formula is C9H15F3O6S.